The monoisotopic (exact) mass is 236 g/mol. The molecule has 17 heavy (non-hydrogen) atoms. The first-order valence-corrected chi connectivity index (χ1v) is 5.66. The van der Waals surface area contributed by atoms with Gasteiger partial charge in [0.2, 0.25) is 0 Å². The predicted molar refractivity (Wildman–Crippen MR) is 68.4 cm³/mol. The standard InChI is InChI=1S/C12H20N4O/c1-8(2)9(3)16(4)12(17)10-7-14-6-5-11(10)15-13/h5-9H,13H2,1-4H3,(H,14,15). The molecule has 0 radical (unpaired) electrons. The molecule has 0 saturated carbocycles. The minimum atomic E-state index is -0.0766. The molecule has 1 atom stereocenters. The number of hydrogen-bond acceptors (Lipinski definition) is 4. The summed E-state index contributed by atoms with van der Waals surface area (Å²) in [5, 5.41) is 0. The number of nitrogen functional groups attached to an aromatic ring is 1. The van der Waals surface area contributed by atoms with Gasteiger partial charge in [0, 0.05) is 25.5 Å². The Balaban J connectivity index is 2.96. The highest BCUT2D eigenvalue weighted by Crippen LogP contribution is 2.17. The number of hydrogen-bond donors (Lipinski definition) is 2. The minimum Gasteiger partial charge on any atom is -0.339 e. The summed E-state index contributed by atoms with van der Waals surface area (Å²) in [5.41, 5.74) is 3.59. The van der Waals surface area contributed by atoms with Crippen LogP contribution < -0.4 is 11.3 Å². The van der Waals surface area contributed by atoms with Crippen LogP contribution in [-0.2, 0) is 0 Å². The lowest BCUT2D eigenvalue weighted by Crippen LogP contribution is -2.38. The van der Waals surface area contributed by atoms with Gasteiger partial charge in [0.25, 0.3) is 5.91 Å². The van der Waals surface area contributed by atoms with Crippen molar-refractivity contribution in [1.29, 1.82) is 0 Å². The van der Waals surface area contributed by atoms with E-state index in [1.54, 1.807) is 24.2 Å². The largest absolute Gasteiger partial charge is 0.339 e. The van der Waals surface area contributed by atoms with E-state index >= 15 is 0 Å². The Labute approximate surface area is 102 Å². The zero-order chi connectivity index (χ0) is 13.0. The maximum Gasteiger partial charge on any atom is 0.257 e. The number of carbonyl (C=O) groups is 1. The third-order valence-electron chi connectivity index (χ3n) is 3.10. The Morgan fingerprint density at radius 2 is 2.12 bits per heavy atom. The molecule has 1 unspecified atom stereocenters. The molecule has 3 N–H and O–H groups in total. The quantitative estimate of drug-likeness (QED) is 0.613. The lowest BCUT2D eigenvalue weighted by atomic mass is 10.0. The van der Waals surface area contributed by atoms with Crippen molar-refractivity contribution in [3.8, 4) is 0 Å². The molecular formula is C12H20N4O. The molecule has 0 saturated heterocycles. The molecule has 94 valence electrons. The van der Waals surface area contributed by atoms with E-state index in [0.29, 0.717) is 17.2 Å². The van der Waals surface area contributed by atoms with Gasteiger partial charge in [-0.05, 0) is 18.9 Å². The molecule has 1 aromatic heterocycles. The molecule has 0 aliphatic carbocycles. The summed E-state index contributed by atoms with van der Waals surface area (Å²) < 4.78 is 0. The molecule has 1 heterocycles. The minimum absolute atomic E-state index is 0.0766. The maximum atomic E-state index is 12.3. The number of nitrogens with zero attached hydrogens (tertiary/aromatic N) is 2. The Bertz CT molecular complexity index is 392. The molecule has 5 heteroatoms. The van der Waals surface area contributed by atoms with Crippen LogP contribution in [0.5, 0.6) is 0 Å². The molecule has 0 fully saturated rings. The number of amides is 1. The lowest BCUT2D eigenvalue weighted by Gasteiger charge is -2.28. The van der Waals surface area contributed by atoms with E-state index in [2.05, 4.69) is 24.3 Å². The number of nitrogens with two attached hydrogens (primary N) is 1. The van der Waals surface area contributed by atoms with Crippen LogP contribution in [-0.4, -0.2) is 28.9 Å². The van der Waals surface area contributed by atoms with Gasteiger partial charge in [-0.3, -0.25) is 15.6 Å². The van der Waals surface area contributed by atoms with Crippen molar-refractivity contribution < 1.29 is 4.79 Å². The zero-order valence-corrected chi connectivity index (χ0v) is 10.8. The summed E-state index contributed by atoms with van der Waals surface area (Å²) in [5.74, 6) is 5.70. The normalized spacial score (nSPS) is 12.4. The number of aromatic nitrogens is 1. The smallest absolute Gasteiger partial charge is 0.257 e. The molecule has 0 bridgehead atoms. The van der Waals surface area contributed by atoms with Gasteiger partial charge in [0.1, 0.15) is 0 Å². The van der Waals surface area contributed by atoms with Gasteiger partial charge in [-0.2, -0.15) is 0 Å². The van der Waals surface area contributed by atoms with Gasteiger partial charge in [-0.1, -0.05) is 13.8 Å². The summed E-state index contributed by atoms with van der Waals surface area (Å²) in [4.78, 5) is 17.9. The van der Waals surface area contributed by atoms with Gasteiger partial charge < -0.3 is 10.3 Å². The molecule has 0 aliphatic heterocycles. The molecule has 1 amide bonds. The number of hydrazine groups is 1. The first-order valence-electron chi connectivity index (χ1n) is 5.66. The highest BCUT2D eigenvalue weighted by Gasteiger charge is 2.21. The highest BCUT2D eigenvalue weighted by molar-refractivity contribution is 5.99. The van der Waals surface area contributed by atoms with Gasteiger partial charge in [0.15, 0.2) is 0 Å². The van der Waals surface area contributed by atoms with E-state index in [1.165, 1.54) is 6.20 Å². The van der Waals surface area contributed by atoms with Crippen LogP contribution in [0.3, 0.4) is 0 Å². The predicted octanol–water partition coefficient (Wildman–Crippen LogP) is 1.48. The van der Waals surface area contributed by atoms with Gasteiger partial charge >= 0.3 is 0 Å². The Morgan fingerprint density at radius 3 is 2.65 bits per heavy atom. The first kappa shape index (κ1) is 13.4. The highest BCUT2D eigenvalue weighted by atomic mass is 16.2. The summed E-state index contributed by atoms with van der Waals surface area (Å²) in [6, 6.07) is 1.84. The van der Waals surface area contributed by atoms with E-state index in [-0.39, 0.29) is 11.9 Å². The average molecular weight is 236 g/mol. The van der Waals surface area contributed by atoms with E-state index in [9.17, 15) is 4.79 Å². The number of carbonyl (C=O) groups excluding carboxylic acids is 1. The molecule has 0 aliphatic rings. The van der Waals surface area contributed by atoms with Gasteiger partial charge in [-0.25, -0.2) is 0 Å². The summed E-state index contributed by atoms with van der Waals surface area (Å²) in [6.45, 7) is 6.19. The Kier molecular flexibility index (Phi) is 4.45. The van der Waals surface area contributed by atoms with Crippen LogP contribution in [0.25, 0.3) is 0 Å². The number of anilines is 1. The molecule has 5 nitrogen and oxygen atoms in total. The van der Waals surface area contributed by atoms with Crippen molar-refractivity contribution in [3.63, 3.8) is 0 Å². The first-order chi connectivity index (χ1) is 7.99. The van der Waals surface area contributed by atoms with Crippen LogP contribution in [0.1, 0.15) is 31.1 Å². The van der Waals surface area contributed by atoms with Crippen molar-refractivity contribution in [2.75, 3.05) is 12.5 Å². The molecule has 0 spiro atoms. The van der Waals surface area contributed by atoms with E-state index in [1.807, 2.05) is 6.92 Å². The van der Waals surface area contributed by atoms with Gasteiger partial charge in [0.05, 0.1) is 11.3 Å². The van der Waals surface area contributed by atoms with Crippen LogP contribution in [0, 0.1) is 5.92 Å². The average Bonchev–Trinajstić information content (AvgIpc) is 2.35. The topological polar surface area (TPSA) is 71.2 Å². The second kappa shape index (κ2) is 5.63. The van der Waals surface area contributed by atoms with E-state index in [0.717, 1.165) is 0 Å². The summed E-state index contributed by atoms with van der Waals surface area (Å²) >= 11 is 0. The maximum absolute atomic E-state index is 12.3. The van der Waals surface area contributed by atoms with Crippen molar-refractivity contribution in [1.82, 2.24) is 9.88 Å². The van der Waals surface area contributed by atoms with Gasteiger partial charge in [-0.15, -0.1) is 0 Å². The fourth-order valence-corrected chi connectivity index (χ4v) is 1.51. The lowest BCUT2D eigenvalue weighted by molar-refractivity contribution is 0.0707. The third kappa shape index (κ3) is 2.94. The van der Waals surface area contributed by atoms with Crippen molar-refractivity contribution >= 4 is 11.6 Å². The molecule has 1 rings (SSSR count). The second-order valence-electron chi connectivity index (χ2n) is 4.47. The molecule has 1 aromatic rings. The zero-order valence-electron chi connectivity index (χ0n) is 10.8. The Morgan fingerprint density at radius 1 is 1.47 bits per heavy atom. The van der Waals surface area contributed by atoms with Crippen LogP contribution in [0.4, 0.5) is 5.69 Å². The van der Waals surface area contributed by atoms with Crippen molar-refractivity contribution in [3.05, 3.63) is 24.0 Å². The number of pyridine rings is 1. The van der Waals surface area contributed by atoms with E-state index in [4.69, 9.17) is 5.84 Å². The van der Waals surface area contributed by atoms with Crippen molar-refractivity contribution in [2.45, 2.75) is 26.8 Å². The fraction of sp³-hybridized carbons (Fsp3) is 0.500. The van der Waals surface area contributed by atoms with E-state index < -0.39 is 0 Å². The van der Waals surface area contributed by atoms with Crippen LogP contribution in [0.2, 0.25) is 0 Å². The fourth-order valence-electron chi connectivity index (χ4n) is 1.51. The van der Waals surface area contributed by atoms with Crippen LogP contribution in [0.15, 0.2) is 18.5 Å². The third-order valence-corrected chi connectivity index (χ3v) is 3.10. The molecule has 0 aromatic carbocycles. The second-order valence-corrected chi connectivity index (χ2v) is 4.47. The number of nitrogens with one attached hydrogen (secondary N) is 1. The van der Waals surface area contributed by atoms with Crippen LogP contribution >= 0.6 is 0 Å². The number of rotatable bonds is 4. The summed E-state index contributed by atoms with van der Waals surface area (Å²) in [6.07, 6.45) is 3.12. The van der Waals surface area contributed by atoms with Crippen molar-refractivity contribution in [2.24, 2.45) is 11.8 Å². The molecular weight excluding hydrogens is 216 g/mol. The summed E-state index contributed by atoms with van der Waals surface area (Å²) in [7, 11) is 1.79. The SMILES string of the molecule is CC(C)C(C)N(C)C(=O)c1cnccc1NN. The Hall–Kier alpha value is -1.62.